The maximum atomic E-state index is 12.5. The van der Waals surface area contributed by atoms with Crippen molar-refractivity contribution in [3.8, 4) is 22.8 Å². The summed E-state index contributed by atoms with van der Waals surface area (Å²) in [5, 5.41) is 10.4. The topological polar surface area (TPSA) is 86.5 Å². The average Bonchev–Trinajstić information content (AvgIpc) is 3.17. The summed E-state index contributed by atoms with van der Waals surface area (Å²) >= 11 is 0. The van der Waals surface area contributed by atoms with Crippen molar-refractivity contribution >= 4 is 11.7 Å². The van der Waals surface area contributed by atoms with Crippen LogP contribution >= 0.6 is 0 Å². The first-order valence-electron chi connectivity index (χ1n) is 9.61. The Balaban J connectivity index is 1.65. The van der Waals surface area contributed by atoms with Gasteiger partial charge >= 0.3 is 0 Å². The zero-order valence-corrected chi connectivity index (χ0v) is 17.0. The third-order valence-corrected chi connectivity index (χ3v) is 4.40. The molecule has 0 radical (unpaired) electrons. The van der Waals surface area contributed by atoms with Crippen LogP contribution in [-0.4, -0.2) is 28.9 Å². The van der Waals surface area contributed by atoms with E-state index in [1.54, 1.807) is 6.92 Å². The van der Waals surface area contributed by atoms with Gasteiger partial charge in [0.15, 0.2) is 11.8 Å². The fraction of sp³-hybridized carbons (Fsp3) is 0.318. The van der Waals surface area contributed by atoms with Gasteiger partial charge in [0.05, 0.1) is 6.61 Å². The van der Waals surface area contributed by atoms with E-state index < -0.39 is 6.10 Å². The van der Waals surface area contributed by atoms with E-state index in [2.05, 4.69) is 29.5 Å². The van der Waals surface area contributed by atoms with Crippen LogP contribution in [0.15, 0.2) is 53.2 Å². The summed E-state index contributed by atoms with van der Waals surface area (Å²) in [7, 11) is 0. The molecular weight excluding hydrogens is 370 g/mol. The summed E-state index contributed by atoms with van der Waals surface area (Å²) in [5.74, 6) is 1.71. The molecule has 0 fully saturated rings. The molecule has 7 heteroatoms. The van der Waals surface area contributed by atoms with Crippen LogP contribution < -0.4 is 14.8 Å². The molecule has 0 aliphatic carbocycles. The summed E-state index contributed by atoms with van der Waals surface area (Å²) in [5.41, 5.74) is 2.40. The second kappa shape index (κ2) is 9.23. The van der Waals surface area contributed by atoms with Crippen molar-refractivity contribution in [3.63, 3.8) is 0 Å². The Hall–Kier alpha value is -3.35. The number of amides is 1. The van der Waals surface area contributed by atoms with E-state index in [-0.39, 0.29) is 11.7 Å². The van der Waals surface area contributed by atoms with Gasteiger partial charge in [0.25, 0.3) is 5.91 Å². The Morgan fingerprint density at radius 1 is 1.00 bits per heavy atom. The van der Waals surface area contributed by atoms with E-state index in [1.165, 1.54) is 5.56 Å². The van der Waals surface area contributed by atoms with Gasteiger partial charge < -0.3 is 14.8 Å². The molecule has 0 spiro atoms. The van der Waals surface area contributed by atoms with Crippen LogP contribution in [-0.2, 0) is 4.79 Å². The molecule has 1 aromatic heterocycles. The number of hydrogen-bond donors (Lipinski definition) is 1. The summed E-state index contributed by atoms with van der Waals surface area (Å²) in [6, 6.07) is 15.0. The molecule has 2 aromatic carbocycles. The van der Waals surface area contributed by atoms with E-state index in [4.69, 9.17) is 14.1 Å². The highest BCUT2D eigenvalue weighted by molar-refractivity contribution is 5.95. The standard InChI is InChI=1S/C22H25N3O4/c1-5-27-18-10-8-17(9-11-18)20-21(25-29-24-20)23-22(26)15(4)28-19-12-6-16(7-13-19)14(2)3/h6-15H,5H2,1-4H3,(H,23,25,26)/t15-/m0/s1. The Labute approximate surface area is 170 Å². The molecule has 0 unspecified atom stereocenters. The van der Waals surface area contributed by atoms with Gasteiger partial charge in [0.2, 0.25) is 5.82 Å². The fourth-order valence-electron chi connectivity index (χ4n) is 2.74. The molecule has 1 N–H and O–H groups in total. The van der Waals surface area contributed by atoms with Crippen LogP contribution in [0.3, 0.4) is 0 Å². The molecular formula is C22H25N3O4. The van der Waals surface area contributed by atoms with Crippen molar-refractivity contribution in [2.45, 2.75) is 39.7 Å². The average molecular weight is 395 g/mol. The molecule has 0 bridgehead atoms. The second-order valence-corrected chi connectivity index (χ2v) is 6.89. The Kier molecular flexibility index (Phi) is 6.49. The maximum Gasteiger partial charge on any atom is 0.266 e. The lowest BCUT2D eigenvalue weighted by Crippen LogP contribution is -2.30. The molecule has 0 saturated heterocycles. The van der Waals surface area contributed by atoms with Crippen molar-refractivity contribution in [1.82, 2.24) is 10.3 Å². The molecule has 0 aliphatic heterocycles. The van der Waals surface area contributed by atoms with Crippen molar-refractivity contribution in [2.75, 3.05) is 11.9 Å². The van der Waals surface area contributed by atoms with Crippen LogP contribution in [0.1, 0.15) is 39.2 Å². The van der Waals surface area contributed by atoms with Crippen LogP contribution in [0.5, 0.6) is 11.5 Å². The number of anilines is 1. The molecule has 1 atom stereocenters. The van der Waals surface area contributed by atoms with Crippen molar-refractivity contribution in [3.05, 3.63) is 54.1 Å². The van der Waals surface area contributed by atoms with E-state index in [0.717, 1.165) is 11.3 Å². The highest BCUT2D eigenvalue weighted by Crippen LogP contribution is 2.26. The van der Waals surface area contributed by atoms with Gasteiger partial charge in [-0.3, -0.25) is 4.79 Å². The number of rotatable bonds is 8. The van der Waals surface area contributed by atoms with E-state index in [0.29, 0.717) is 24.0 Å². The van der Waals surface area contributed by atoms with Gasteiger partial charge in [-0.05, 0) is 72.0 Å². The van der Waals surface area contributed by atoms with E-state index >= 15 is 0 Å². The molecule has 29 heavy (non-hydrogen) atoms. The molecule has 1 heterocycles. The number of benzene rings is 2. The van der Waals surface area contributed by atoms with Gasteiger partial charge in [-0.25, -0.2) is 4.63 Å². The zero-order chi connectivity index (χ0) is 20.8. The first kappa shape index (κ1) is 20.4. The first-order valence-corrected chi connectivity index (χ1v) is 9.61. The molecule has 0 aliphatic rings. The molecule has 0 saturated carbocycles. The second-order valence-electron chi connectivity index (χ2n) is 6.89. The number of aromatic nitrogens is 2. The largest absolute Gasteiger partial charge is 0.494 e. The third-order valence-electron chi connectivity index (χ3n) is 4.40. The zero-order valence-electron chi connectivity index (χ0n) is 17.0. The van der Waals surface area contributed by atoms with Crippen LogP contribution in [0.4, 0.5) is 5.82 Å². The third kappa shape index (κ3) is 5.13. The number of ether oxygens (including phenoxy) is 2. The predicted molar refractivity (Wildman–Crippen MR) is 110 cm³/mol. The lowest BCUT2D eigenvalue weighted by molar-refractivity contribution is -0.122. The van der Waals surface area contributed by atoms with Crippen LogP contribution in [0.25, 0.3) is 11.3 Å². The van der Waals surface area contributed by atoms with Crippen LogP contribution in [0, 0.1) is 0 Å². The highest BCUT2D eigenvalue weighted by atomic mass is 16.6. The Morgan fingerprint density at radius 3 is 2.28 bits per heavy atom. The Bertz CT molecular complexity index is 933. The quantitative estimate of drug-likeness (QED) is 0.597. The van der Waals surface area contributed by atoms with Crippen molar-refractivity contribution in [1.29, 1.82) is 0 Å². The number of hydrogen-bond acceptors (Lipinski definition) is 6. The summed E-state index contributed by atoms with van der Waals surface area (Å²) in [6.45, 7) is 8.44. The lowest BCUT2D eigenvalue weighted by Gasteiger charge is -2.15. The minimum Gasteiger partial charge on any atom is -0.494 e. The smallest absolute Gasteiger partial charge is 0.266 e. The molecule has 3 rings (SSSR count). The summed E-state index contributed by atoms with van der Waals surface area (Å²) in [4.78, 5) is 12.5. The van der Waals surface area contributed by atoms with Crippen molar-refractivity contribution in [2.24, 2.45) is 0 Å². The Morgan fingerprint density at radius 2 is 1.66 bits per heavy atom. The minimum absolute atomic E-state index is 0.241. The number of nitrogens with one attached hydrogen (secondary N) is 1. The monoisotopic (exact) mass is 395 g/mol. The number of nitrogens with zero attached hydrogens (tertiary/aromatic N) is 2. The van der Waals surface area contributed by atoms with Gasteiger partial charge in [-0.1, -0.05) is 26.0 Å². The molecule has 3 aromatic rings. The van der Waals surface area contributed by atoms with Gasteiger partial charge in [0, 0.05) is 5.56 Å². The maximum absolute atomic E-state index is 12.5. The van der Waals surface area contributed by atoms with Gasteiger partial charge in [-0.2, -0.15) is 0 Å². The molecule has 1 amide bonds. The predicted octanol–water partition coefficient (Wildman–Crippen LogP) is 4.66. The van der Waals surface area contributed by atoms with Crippen LogP contribution in [0.2, 0.25) is 0 Å². The minimum atomic E-state index is -0.718. The molecule has 152 valence electrons. The van der Waals surface area contributed by atoms with E-state index in [1.807, 2.05) is 55.5 Å². The highest BCUT2D eigenvalue weighted by Gasteiger charge is 2.20. The number of carbonyl (C=O) groups is 1. The van der Waals surface area contributed by atoms with Crippen molar-refractivity contribution < 1.29 is 18.9 Å². The summed E-state index contributed by atoms with van der Waals surface area (Å²) in [6.07, 6.45) is -0.718. The molecule has 7 nitrogen and oxygen atoms in total. The van der Waals surface area contributed by atoms with Gasteiger partial charge in [-0.15, -0.1) is 0 Å². The normalized spacial score (nSPS) is 11.9. The number of carbonyl (C=O) groups excluding carboxylic acids is 1. The van der Waals surface area contributed by atoms with Gasteiger partial charge in [0.1, 0.15) is 11.5 Å². The SMILES string of the molecule is CCOc1ccc(-c2nonc2NC(=O)[C@H](C)Oc2ccc(C(C)C)cc2)cc1. The fourth-order valence-corrected chi connectivity index (χ4v) is 2.74. The lowest BCUT2D eigenvalue weighted by atomic mass is 10.0. The van der Waals surface area contributed by atoms with E-state index in [9.17, 15) is 4.79 Å². The summed E-state index contributed by atoms with van der Waals surface area (Å²) < 4.78 is 16.0. The first-order chi connectivity index (χ1) is 14.0.